The van der Waals surface area contributed by atoms with Crippen LogP contribution >= 0.6 is 15.9 Å². The molecule has 0 aliphatic carbocycles. The Hall–Kier alpha value is -1.82. The topological polar surface area (TPSA) is 64.6 Å². The molecule has 1 saturated heterocycles. The van der Waals surface area contributed by atoms with E-state index in [4.69, 9.17) is 9.47 Å². The first-order valence-corrected chi connectivity index (χ1v) is 6.06. The van der Waals surface area contributed by atoms with E-state index in [0.717, 1.165) is 10.0 Å². The van der Waals surface area contributed by atoms with E-state index in [-0.39, 0.29) is 25.0 Å². The molecule has 1 fully saturated rings. The predicted octanol–water partition coefficient (Wildman–Crippen LogP) is 1.61. The Balaban J connectivity index is 1.99. The Morgan fingerprint density at radius 2 is 2.11 bits per heavy atom. The van der Waals surface area contributed by atoms with Crippen LogP contribution in [0.5, 0.6) is 11.5 Å². The van der Waals surface area contributed by atoms with Gasteiger partial charge in [0.05, 0.1) is 10.9 Å². The van der Waals surface area contributed by atoms with E-state index in [0.29, 0.717) is 17.1 Å². The van der Waals surface area contributed by atoms with E-state index < -0.39 is 0 Å². The van der Waals surface area contributed by atoms with Crippen LogP contribution < -0.4 is 14.8 Å². The maximum absolute atomic E-state index is 11.4. The lowest BCUT2D eigenvalue weighted by atomic mass is 10.1. The van der Waals surface area contributed by atoms with E-state index in [1.807, 2.05) is 6.07 Å². The fourth-order valence-electron chi connectivity index (χ4n) is 1.89. The van der Waals surface area contributed by atoms with Crippen molar-refractivity contribution >= 4 is 33.8 Å². The molecule has 1 aromatic carbocycles. The van der Waals surface area contributed by atoms with E-state index in [2.05, 4.69) is 21.2 Å². The highest BCUT2D eigenvalue weighted by molar-refractivity contribution is 9.10. The number of ether oxygens (including phenoxy) is 2. The molecule has 0 atom stereocenters. The summed E-state index contributed by atoms with van der Waals surface area (Å²) in [5.41, 5.74) is 1.23. The van der Waals surface area contributed by atoms with Gasteiger partial charge in [0, 0.05) is 5.57 Å². The van der Waals surface area contributed by atoms with E-state index >= 15 is 0 Å². The van der Waals surface area contributed by atoms with Crippen LogP contribution in [0.15, 0.2) is 22.2 Å². The molecule has 2 aliphatic heterocycles. The molecule has 3 rings (SSSR count). The number of nitrogens with one attached hydrogen (secondary N) is 1. The molecule has 0 aromatic heterocycles. The van der Waals surface area contributed by atoms with E-state index in [1.54, 1.807) is 12.1 Å². The van der Waals surface area contributed by atoms with E-state index in [9.17, 15) is 9.59 Å². The van der Waals surface area contributed by atoms with Crippen molar-refractivity contribution in [1.29, 1.82) is 0 Å². The molecule has 1 aromatic rings. The number of imide groups is 1. The molecule has 0 saturated carbocycles. The maximum atomic E-state index is 11.4. The smallest absolute Gasteiger partial charge is 0.254 e. The number of carbonyl (C=O) groups is 2. The predicted molar refractivity (Wildman–Crippen MR) is 66.0 cm³/mol. The summed E-state index contributed by atoms with van der Waals surface area (Å²) >= 11 is 3.37. The Morgan fingerprint density at radius 1 is 1.28 bits per heavy atom. The number of halogens is 1. The molecule has 0 bridgehead atoms. The lowest BCUT2D eigenvalue weighted by molar-refractivity contribution is -0.124. The quantitative estimate of drug-likeness (QED) is 0.632. The Morgan fingerprint density at radius 3 is 2.83 bits per heavy atom. The number of fused-ring (bicyclic) bond motifs is 1. The van der Waals surface area contributed by atoms with Gasteiger partial charge in [0.1, 0.15) is 0 Å². The minimum absolute atomic E-state index is 0.116. The molecule has 2 aliphatic rings. The summed E-state index contributed by atoms with van der Waals surface area (Å²) < 4.78 is 11.3. The highest BCUT2D eigenvalue weighted by Gasteiger charge is 2.24. The number of carbonyl (C=O) groups excluding carboxylic acids is 2. The van der Waals surface area contributed by atoms with Gasteiger partial charge >= 0.3 is 0 Å². The third-order valence-corrected chi connectivity index (χ3v) is 3.28. The van der Waals surface area contributed by atoms with Gasteiger partial charge in [-0.25, -0.2) is 0 Å². The highest BCUT2D eigenvalue weighted by atomic mass is 79.9. The van der Waals surface area contributed by atoms with Gasteiger partial charge in [-0.05, 0) is 39.7 Å². The van der Waals surface area contributed by atoms with Crippen LogP contribution in [0.4, 0.5) is 0 Å². The van der Waals surface area contributed by atoms with Crippen LogP contribution in [0.25, 0.3) is 6.08 Å². The van der Waals surface area contributed by atoms with Crippen molar-refractivity contribution in [3.63, 3.8) is 0 Å². The minimum Gasteiger partial charge on any atom is -0.454 e. The summed E-state index contributed by atoms with van der Waals surface area (Å²) in [6, 6.07) is 3.59. The number of rotatable bonds is 1. The molecule has 92 valence electrons. The molecule has 5 nitrogen and oxygen atoms in total. The summed E-state index contributed by atoms with van der Waals surface area (Å²) in [7, 11) is 0. The van der Waals surface area contributed by atoms with Gasteiger partial charge in [-0.1, -0.05) is 0 Å². The molecule has 6 heteroatoms. The van der Waals surface area contributed by atoms with Crippen LogP contribution in [0.1, 0.15) is 12.0 Å². The molecule has 2 heterocycles. The van der Waals surface area contributed by atoms with Gasteiger partial charge in [-0.15, -0.1) is 0 Å². The van der Waals surface area contributed by atoms with Crippen LogP contribution in [0.3, 0.4) is 0 Å². The van der Waals surface area contributed by atoms with Gasteiger partial charge in [-0.3, -0.25) is 14.9 Å². The van der Waals surface area contributed by atoms with Gasteiger partial charge < -0.3 is 9.47 Å². The van der Waals surface area contributed by atoms with Gasteiger partial charge in [0.15, 0.2) is 11.5 Å². The first kappa shape index (κ1) is 11.3. The highest BCUT2D eigenvalue weighted by Crippen LogP contribution is 2.40. The number of benzene rings is 1. The molecule has 0 spiro atoms. The van der Waals surface area contributed by atoms with Crippen molar-refractivity contribution < 1.29 is 19.1 Å². The molecule has 1 N–H and O–H groups in total. The van der Waals surface area contributed by atoms with Crippen molar-refractivity contribution in [3.05, 3.63) is 27.7 Å². The molecule has 0 radical (unpaired) electrons. The Labute approximate surface area is 111 Å². The van der Waals surface area contributed by atoms with Crippen LogP contribution in [0.2, 0.25) is 0 Å². The standard InChI is InChI=1S/C12H8BrNO4/c13-8-2-6(3-9-11(8)18-5-17-9)1-7-4-10(15)14-12(7)16/h1-3H,4-5H2,(H,14,15,16). The van der Waals surface area contributed by atoms with Gasteiger partial charge in [0.25, 0.3) is 5.91 Å². The first-order chi connectivity index (χ1) is 8.63. The second-order valence-corrected chi connectivity index (χ2v) is 4.81. The SMILES string of the molecule is O=C1CC(=Cc2cc(Br)c3c(c2)OCO3)C(=O)N1. The first-order valence-electron chi connectivity index (χ1n) is 5.27. The lowest BCUT2D eigenvalue weighted by Gasteiger charge is -2.02. The van der Waals surface area contributed by atoms with Crippen molar-refractivity contribution in [2.45, 2.75) is 6.42 Å². The number of hydrogen-bond donors (Lipinski definition) is 1. The average Bonchev–Trinajstić information content (AvgIpc) is 2.86. The van der Waals surface area contributed by atoms with Crippen molar-refractivity contribution in [3.8, 4) is 11.5 Å². The Bertz CT molecular complexity index is 594. The monoisotopic (exact) mass is 309 g/mol. The van der Waals surface area contributed by atoms with Gasteiger partial charge in [0.2, 0.25) is 12.7 Å². The van der Waals surface area contributed by atoms with Crippen LogP contribution in [0, 0.1) is 0 Å². The van der Waals surface area contributed by atoms with Gasteiger partial charge in [-0.2, -0.15) is 0 Å². The fraction of sp³-hybridized carbons (Fsp3) is 0.167. The average molecular weight is 310 g/mol. The molecule has 18 heavy (non-hydrogen) atoms. The third-order valence-electron chi connectivity index (χ3n) is 2.69. The number of amides is 2. The molecule has 0 unspecified atom stereocenters. The summed E-state index contributed by atoms with van der Waals surface area (Å²) in [6.45, 7) is 0.187. The van der Waals surface area contributed by atoms with Crippen molar-refractivity contribution in [2.24, 2.45) is 0 Å². The zero-order valence-corrected chi connectivity index (χ0v) is 10.7. The second-order valence-electron chi connectivity index (χ2n) is 3.96. The fourth-order valence-corrected chi connectivity index (χ4v) is 2.47. The second kappa shape index (κ2) is 4.13. The lowest BCUT2D eigenvalue weighted by Crippen LogP contribution is -2.19. The zero-order chi connectivity index (χ0) is 12.7. The normalized spacial score (nSPS) is 19.5. The zero-order valence-electron chi connectivity index (χ0n) is 9.16. The third kappa shape index (κ3) is 1.88. The van der Waals surface area contributed by atoms with Crippen LogP contribution in [-0.4, -0.2) is 18.6 Å². The summed E-state index contributed by atoms with van der Waals surface area (Å²) in [5.74, 6) is 0.671. The summed E-state index contributed by atoms with van der Waals surface area (Å²) in [6.07, 6.45) is 1.79. The van der Waals surface area contributed by atoms with Crippen LogP contribution in [-0.2, 0) is 9.59 Å². The molecular formula is C12H8BrNO4. The maximum Gasteiger partial charge on any atom is 0.254 e. The Kier molecular flexibility index (Phi) is 2.59. The largest absolute Gasteiger partial charge is 0.454 e. The summed E-state index contributed by atoms with van der Waals surface area (Å²) in [4.78, 5) is 22.5. The summed E-state index contributed by atoms with van der Waals surface area (Å²) in [5, 5.41) is 2.24. The van der Waals surface area contributed by atoms with E-state index in [1.165, 1.54) is 0 Å². The van der Waals surface area contributed by atoms with Crippen molar-refractivity contribution in [1.82, 2.24) is 5.32 Å². The number of hydrogen-bond acceptors (Lipinski definition) is 4. The minimum atomic E-state index is -0.339. The molecular weight excluding hydrogens is 302 g/mol. The van der Waals surface area contributed by atoms with Crippen molar-refractivity contribution in [2.75, 3.05) is 6.79 Å². The molecule has 2 amide bonds.